The van der Waals surface area contributed by atoms with Gasteiger partial charge in [-0.1, -0.05) is 38.5 Å². The third-order valence-electron chi connectivity index (χ3n) is 2.06. The van der Waals surface area contributed by atoms with Gasteiger partial charge in [-0.3, -0.25) is 0 Å². The quantitative estimate of drug-likeness (QED) is 0.457. The molecule has 0 aromatic rings. The second-order valence-electron chi connectivity index (χ2n) is 3.06. The van der Waals surface area contributed by atoms with Crippen LogP contribution in [0.4, 0.5) is 0 Å². The van der Waals surface area contributed by atoms with Crippen molar-refractivity contribution in [3.8, 4) is 0 Å². The van der Waals surface area contributed by atoms with Crippen molar-refractivity contribution < 1.29 is 4.74 Å². The van der Waals surface area contributed by atoms with Crippen LogP contribution in [0, 0.1) is 0 Å². The van der Waals surface area contributed by atoms with Crippen molar-refractivity contribution >= 4 is 51.1 Å². The first-order valence-corrected chi connectivity index (χ1v) is 7.16. The number of thiol groups is 1. The van der Waals surface area contributed by atoms with Gasteiger partial charge in [-0.2, -0.15) is 12.6 Å². The molecule has 1 nitrogen and oxygen atoms in total. The molecular formula is C8H14BrIOS. The maximum atomic E-state index is 5.72. The molecule has 0 aliphatic carbocycles. The molecule has 1 saturated heterocycles. The third-order valence-corrected chi connectivity index (χ3v) is 4.13. The van der Waals surface area contributed by atoms with Crippen molar-refractivity contribution in [1.29, 1.82) is 0 Å². The summed E-state index contributed by atoms with van der Waals surface area (Å²) in [6, 6.07) is 0. The first-order chi connectivity index (χ1) is 5.74. The molecule has 1 rings (SSSR count). The van der Waals surface area contributed by atoms with Gasteiger partial charge < -0.3 is 4.74 Å². The lowest BCUT2D eigenvalue weighted by molar-refractivity contribution is 0.0973. The largest absolute Gasteiger partial charge is 0.364 e. The minimum Gasteiger partial charge on any atom is -0.364 e. The molecule has 72 valence electrons. The second kappa shape index (κ2) is 6.09. The van der Waals surface area contributed by atoms with E-state index in [1.54, 1.807) is 0 Å². The summed E-state index contributed by atoms with van der Waals surface area (Å²) in [6.07, 6.45) is 5.12. The number of halogens is 2. The summed E-state index contributed by atoms with van der Waals surface area (Å²) in [4.78, 5) is 0. The SMILES string of the molecule is SC(CCCBr)C1CCC(I)O1. The molecule has 3 atom stereocenters. The molecule has 0 radical (unpaired) electrons. The first-order valence-electron chi connectivity index (χ1n) is 4.27. The van der Waals surface area contributed by atoms with E-state index >= 15 is 0 Å². The minimum absolute atomic E-state index is 0.397. The van der Waals surface area contributed by atoms with E-state index in [-0.39, 0.29) is 0 Å². The zero-order valence-corrected chi connectivity index (χ0v) is 11.5. The molecule has 0 amide bonds. The van der Waals surface area contributed by atoms with Gasteiger partial charge in [0.05, 0.1) is 6.10 Å². The fourth-order valence-corrected chi connectivity index (χ4v) is 2.84. The third kappa shape index (κ3) is 3.72. The summed E-state index contributed by atoms with van der Waals surface area (Å²) in [6.45, 7) is 0. The molecule has 1 heterocycles. The van der Waals surface area contributed by atoms with Gasteiger partial charge in [0, 0.05) is 10.6 Å². The zero-order valence-electron chi connectivity index (χ0n) is 6.88. The Morgan fingerprint density at radius 3 is 2.83 bits per heavy atom. The van der Waals surface area contributed by atoms with Gasteiger partial charge in [0.1, 0.15) is 4.11 Å². The topological polar surface area (TPSA) is 9.23 Å². The van der Waals surface area contributed by atoms with Gasteiger partial charge in [-0.25, -0.2) is 0 Å². The lowest BCUT2D eigenvalue weighted by Gasteiger charge is -2.17. The highest BCUT2D eigenvalue weighted by molar-refractivity contribution is 14.1. The standard InChI is InChI=1S/C8H14BrIOS/c9-5-1-2-7(12)6-3-4-8(10)11-6/h6-8,12H,1-5H2. The fourth-order valence-electron chi connectivity index (χ4n) is 1.38. The Kier molecular flexibility index (Phi) is 5.88. The molecule has 0 aromatic carbocycles. The van der Waals surface area contributed by atoms with Crippen LogP contribution in [0.3, 0.4) is 0 Å². The van der Waals surface area contributed by atoms with Gasteiger partial charge in [-0.15, -0.1) is 0 Å². The molecule has 1 aliphatic rings. The van der Waals surface area contributed by atoms with Crippen LogP contribution < -0.4 is 0 Å². The predicted molar refractivity (Wildman–Crippen MR) is 67.7 cm³/mol. The van der Waals surface area contributed by atoms with Gasteiger partial charge in [0.15, 0.2) is 0 Å². The van der Waals surface area contributed by atoms with Gasteiger partial charge in [-0.05, 0) is 25.7 Å². The molecule has 0 N–H and O–H groups in total. The van der Waals surface area contributed by atoms with E-state index in [0.717, 1.165) is 11.8 Å². The molecule has 12 heavy (non-hydrogen) atoms. The molecular weight excluding hydrogens is 351 g/mol. The van der Waals surface area contributed by atoms with Crippen molar-refractivity contribution in [3.05, 3.63) is 0 Å². The maximum Gasteiger partial charge on any atom is 0.109 e. The van der Waals surface area contributed by atoms with Crippen molar-refractivity contribution in [2.75, 3.05) is 5.33 Å². The van der Waals surface area contributed by atoms with Crippen LogP contribution >= 0.6 is 51.1 Å². The van der Waals surface area contributed by atoms with Crippen molar-refractivity contribution in [2.45, 2.75) is 41.1 Å². The average Bonchev–Trinajstić information content (AvgIpc) is 2.47. The molecule has 1 fully saturated rings. The van der Waals surface area contributed by atoms with E-state index in [9.17, 15) is 0 Å². The zero-order chi connectivity index (χ0) is 8.97. The van der Waals surface area contributed by atoms with E-state index in [0.29, 0.717) is 15.5 Å². The van der Waals surface area contributed by atoms with Crippen LogP contribution in [0.25, 0.3) is 0 Å². The fraction of sp³-hybridized carbons (Fsp3) is 1.00. The molecule has 0 bridgehead atoms. The summed E-state index contributed by atoms with van der Waals surface area (Å²) in [5.41, 5.74) is 0. The normalized spacial score (nSPS) is 32.2. The van der Waals surface area contributed by atoms with Crippen LogP contribution in [0.15, 0.2) is 0 Å². The summed E-state index contributed by atoms with van der Waals surface area (Å²) < 4.78 is 6.14. The minimum atomic E-state index is 0.397. The lowest BCUT2D eigenvalue weighted by atomic mass is 10.1. The second-order valence-corrected chi connectivity index (χ2v) is 5.91. The van der Waals surface area contributed by atoms with Crippen molar-refractivity contribution in [1.82, 2.24) is 0 Å². The highest BCUT2D eigenvalue weighted by atomic mass is 127. The number of hydrogen-bond donors (Lipinski definition) is 1. The molecule has 0 aromatic heterocycles. The van der Waals surface area contributed by atoms with E-state index < -0.39 is 0 Å². The summed E-state index contributed by atoms with van der Waals surface area (Å²) in [5, 5.41) is 1.51. The maximum absolute atomic E-state index is 5.72. The van der Waals surface area contributed by atoms with Crippen LogP contribution in [-0.4, -0.2) is 20.8 Å². The Balaban J connectivity index is 2.18. The van der Waals surface area contributed by atoms with E-state index in [4.69, 9.17) is 4.74 Å². The van der Waals surface area contributed by atoms with Gasteiger partial charge in [0.2, 0.25) is 0 Å². The highest BCUT2D eigenvalue weighted by Crippen LogP contribution is 2.29. The Hall–Kier alpha value is 1.52. The van der Waals surface area contributed by atoms with Crippen molar-refractivity contribution in [2.24, 2.45) is 0 Å². The summed E-state index contributed by atoms with van der Waals surface area (Å²) in [7, 11) is 0. The number of ether oxygens (including phenoxy) is 1. The van der Waals surface area contributed by atoms with Gasteiger partial charge in [0.25, 0.3) is 0 Å². The smallest absolute Gasteiger partial charge is 0.109 e. The lowest BCUT2D eigenvalue weighted by Crippen LogP contribution is -2.20. The molecule has 0 spiro atoms. The first kappa shape index (κ1) is 11.6. The molecule has 4 heteroatoms. The van der Waals surface area contributed by atoms with Gasteiger partial charge >= 0.3 is 0 Å². The van der Waals surface area contributed by atoms with E-state index in [1.165, 1.54) is 19.3 Å². The Morgan fingerprint density at radius 1 is 1.58 bits per heavy atom. The number of alkyl halides is 2. The Labute approximate surface area is 102 Å². The molecule has 0 saturated carbocycles. The molecule has 3 unspecified atom stereocenters. The van der Waals surface area contributed by atoms with Crippen LogP contribution in [-0.2, 0) is 4.74 Å². The summed E-state index contributed by atoms with van der Waals surface area (Å²) in [5.74, 6) is 0. The van der Waals surface area contributed by atoms with Crippen LogP contribution in [0.2, 0.25) is 0 Å². The van der Waals surface area contributed by atoms with Crippen molar-refractivity contribution in [3.63, 3.8) is 0 Å². The molecule has 1 aliphatic heterocycles. The number of rotatable bonds is 4. The van der Waals surface area contributed by atoms with Crippen LogP contribution in [0.1, 0.15) is 25.7 Å². The Bertz CT molecular complexity index is 136. The predicted octanol–water partition coefficient (Wildman–Crippen LogP) is 3.40. The monoisotopic (exact) mass is 364 g/mol. The highest BCUT2D eigenvalue weighted by Gasteiger charge is 2.27. The summed E-state index contributed by atoms with van der Waals surface area (Å²) >= 11 is 10.3. The average molecular weight is 365 g/mol. The van der Waals surface area contributed by atoms with Crippen LogP contribution in [0.5, 0.6) is 0 Å². The van der Waals surface area contributed by atoms with E-state index in [1.807, 2.05) is 0 Å². The Morgan fingerprint density at radius 2 is 2.33 bits per heavy atom. The van der Waals surface area contributed by atoms with E-state index in [2.05, 4.69) is 51.1 Å². The number of hydrogen-bond acceptors (Lipinski definition) is 2.